The molecular formula is C30H32N4. The Hall–Kier alpha value is -3.66. The van der Waals surface area contributed by atoms with E-state index in [0.29, 0.717) is 23.8 Å². The number of benzene rings is 3. The van der Waals surface area contributed by atoms with Crippen molar-refractivity contribution in [2.75, 3.05) is 10.2 Å². The van der Waals surface area contributed by atoms with E-state index in [1.807, 2.05) is 18.3 Å². The Bertz CT molecular complexity index is 1320. The summed E-state index contributed by atoms with van der Waals surface area (Å²) in [5.74, 6) is 2.87. The van der Waals surface area contributed by atoms with E-state index in [2.05, 4.69) is 103 Å². The van der Waals surface area contributed by atoms with Gasteiger partial charge in [-0.2, -0.15) is 4.98 Å². The van der Waals surface area contributed by atoms with Crippen LogP contribution in [-0.2, 0) is 0 Å². The third-order valence-electron chi connectivity index (χ3n) is 7.67. The highest BCUT2D eigenvalue weighted by molar-refractivity contribution is 5.76. The maximum Gasteiger partial charge on any atom is 0.225 e. The van der Waals surface area contributed by atoms with Gasteiger partial charge in [0.15, 0.2) is 0 Å². The minimum Gasteiger partial charge on any atom is -0.348 e. The van der Waals surface area contributed by atoms with E-state index >= 15 is 0 Å². The second-order valence-electron chi connectivity index (χ2n) is 9.79. The van der Waals surface area contributed by atoms with Crippen molar-refractivity contribution in [1.82, 2.24) is 9.97 Å². The van der Waals surface area contributed by atoms with Crippen LogP contribution in [0.15, 0.2) is 85.1 Å². The molecule has 4 heteroatoms. The molecule has 3 aromatic carbocycles. The molecule has 1 saturated carbocycles. The molecule has 1 aliphatic carbocycles. The molecule has 34 heavy (non-hydrogen) atoms. The fraction of sp³-hybridized carbons (Fsp3) is 0.267. The van der Waals surface area contributed by atoms with Gasteiger partial charge < -0.3 is 10.2 Å². The van der Waals surface area contributed by atoms with E-state index in [1.165, 1.54) is 39.9 Å². The predicted octanol–water partition coefficient (Wildman–Crippen LogP) is 7.51. The van der Waals surface area contributed by atoms with Crippen LogP contribution in [0.5, 0.6) is 0 Å². The van der Waals surface area contributed by atoms with Crippen molar-refractivity contribution in [3.63, 3.8) is 0 Å². The molecule has 3 unspecified atom stereocenters. The maximum absolute atomic E-state index is 4.96. The number of nitrogens with zero attached hydrogens (tertiary/aromatic N) is 3. The van der Waals surface area contributed by atoms with Crippen LogP contribution in [0.1, 0.15) is 50.3 Å². The summed E-state index contributed by atoms with van der Waals surface area (Å²) in [7, 11) is 0. The van der Waals surface area contributed by atoms with Gasteiger partial charge in [0.1, 0.15) is 5.82 Å². The summed E-state index contributed by atoms with van der Waals surface area (Å²) < 4.78 is 0. The quantitative estimate of drug-likeness (QED) is 0.343. The van der Waals surface area contributed by atoms with Crippen molar-refractivity contribution >= 4 is 17.5 Å². The first-order valence-electron chi connectivity index (χ1n) is 12.2. The number of hydrogen-bond donors (Lipinski definition) is 1. The monoisotopic (exact) mass is 448 g/mol. The Kier molecular flexibility index (Phi) is 5.09. The summed E-state index contributed by atoms with van der Waals surface area (Å²) >= 11 is 0. The molecule has 0 saturated heterocycles. The molecule has 7 rings (SSSR count). The molecule has 172 valence electrons. The van der Waals surface area contributed by atoms with Gasteiger partial charge >= 0.3 is 0 Å². The molecule has 1 fully saturated rings. The second-order valence-corrected chi connectivity index (χ2v) is 9.79. The lowest BCUT2D eigenvalue weighted by atomic mass is 9.62. The number of hydrogen-bond acceptors (Lipinski definition) is 4. The van der Waals surface area contributed by atoms with E-state index in [4.69, 9.17) is 4.98 Å². The fourth-order valence-corrected chi connectivity index (χ4v) is 5.55. The lowest BCUT2D eigenvalue weighted by Gasteiger charge is -2.55. The largest absolute Gasteiger partial charge is 0.348 e. The molecule has 4 atom stereocenters. The molecule has 3 heterocycles. The van der Waals surface area contributed by atoms with E-state index in [-0.39, 0.29) is 7.47 Å². The predicted molar refractivity (Wildman–Crippen MR) is 142 cm³/mol. The molecule has 2 bridgehead atoms. The zero-order valence-corrected chi connectivity index (χ0v) is 19.9. The van der Waals surface area contributed by atoms with Gasteiger partial charge in [0, 0.05) is 19.4 Å². The molecule has 1 aromatic heterocycles. The number of rotatable bonds is 5. The van der Waals surface area contributed by atoms with Gasteiger partial charge in [0.25, 0.3) is 0 Å². The summed E-state index contributed by atoms with van der Waals surface area (Å²) in [6, 6.07) is 28.9. The maximum atomic E-state index is 4.96. The highest BCUT2D eigenvalue weighted by Gasteiger charge is 2.49. The fourth-order valence-electron chi connectivity index (χ4n) is 5.55. The molecule has 4 nitrogen and oxygen atoms in total. The van der Waals surface area contributed by atoms with Gasteiger partial charge in [0.2, 0.25) is 5.95 Å². The van der Waals surface area contributed by atoms with Crippen LogP contribution in [0, 0.1) is 12.8 Å². The highest BCUT2D eigenvalue weighted by atomic mass is 15.3. The van der Waals surface area contributed by atoms with E-state index in [9.17, 15) is 0 Å². The molecule has 0 amide bonds. The minimum absolute atomic E-state index is 0. The van der Waals surface area contributed by atoms with Crippen molar-refractivity contribution in [3.05, 3.63) is 102 Å². The number of aryl methyl sites for hydroxylation is 1. The van der Waals surface area contributed by atoms with E-state index in [1.54, 1.807) is 0 Å². The van der Waals surface area contributed by atoms with Crippen molar-refractivity contribution in [3.8, 4) is 11.1 Å². The van der Waals surface area contributed by atoms with Gasteiger partial charge in [0.05, 0.1) is 6.04 Å². The van der Waals surface area contributed by atoms with Gasteiger partial charge in [-0.25, -0.2) is 4.98 Å². The normalized spacial score (nSPS) is 21.4. The zero-order valence-electron chi connectivity index (χ0n) is 19.9. The Morgan fingerprint density at radius 1 is 0.971 bits per heavy atom. The number of anilines is 3. The molecule has 1 N–H and O–H groups in total. The molecular weight excluding hydrogens is 416 g/mol. The third-order valence-corrected chi connectivity index (χ3v) is 7.67. The minimum atomic E-state index is 0. The average molecular weight is 449 g/mol. The summed E-state index contributed by atoms with van der Waals surface area (Å²) in [5, 5.41) is 3.49. The van der Waals surface area contributed by atoms with Gasteiger partial charge in [-0.15, -0.1) is 0 Å². The lowest BCUT2D eigenvalue weighted by Crippen LogP contribution is -2.53. The summed E-state index contributed by atoms with van der Waals surface area (Å²) in [4.78, 5) is 11.9. The van der Waals surface area contributed by atoms with Gasteiger partial charge in [-0.1, -0.05) is 73.2 Å². The summed E-state index contributed by atoms with van der Waals surface area (Å²) in [6.07, 6.45) is 3.05. The van der Waals surface area contributed by atoms with Crippen molar-refractivity contribution < 1.29 is 1.43 Å². The lowest BCUT2D eigenvalue weighted by molar-refractivity contribution is 0.208. The van der Waals surface area contributed by atoms with Crippen LogP contribution < -0.4 is 10.2 Å². The van der Waals surface area contributed by atoms with E-state index < -0.39 is 0 Å². The van der Waals surface area contributed by atoms with Gasteiger partial charge in [-0.05, 0) is 72.6 Å². The smallest absolute Gasteiger partial charge is 0.225 e. The van der Waals surface area contributed by atoms with E-state index in [0.717, 1.165) is 5.82 Å². The molecule has 0 radical (unpaired) electrons. The summed E-state index contributed by atoms with van der Waals surface area (Å²) in [6.45, 7) is 6.66. The van der Waals surface area contributed by atoms with Crippen molar-refractivity contribution in [2.24, 2.45) is 5.92 Å². The Morgan fingerprint density at radius 3 is 2.50 bits per heavy atom. The Labute approximate surface area is 203 Å². The number of nitrogens with one attached hydrogen (secondary N) is 1. The standard InChI is InChI=1S/C30H30N4.H2/c1-19-9-11-23(12-10-19)24-13-14-27-26(17-24)25-18-28(20(25)2)34(27)29-15-16-31-30(33-29)32-21(3)22-7-5-4-6-8-22;/h4-17,20-21,25,28H,18H2,1-3H3,(H,31,32,33);1H/t20?,21-,25?,28?;/m0./s1. The molecule has 0 spiro atoms. The molecule has 4 aromatic rings. The van der Waals surface area contributed by atoms with Crippen molar-refractivity contribution in [1.29, 1.82) is 0 Å². The van der Waals surface area contributed by atoms with Gasteiger partial charge in [-0.3, -0.25) is 0 Å². The topological polar surface area (TPSA) is 41.1 Å². The van der Waals surface area contributed by atoms with Crippen LogP contribution >= 0.6 is 0 Å². The highest BCUT2D eigenvalue weighted by Crippen LogP contribution is 2.56. The summed E-state index contributed by atoms with van der Waals surface area (Å²) in [5.41, 5.74) is 7.81. The Morgan fingerprint density at radius 2 is 1.74 bits per heavy atom. The van der Waals surface area contributed by atoms with Crippen LogP contribution in [0.25, 0.3) is 11.1 Å². The molecule has 3 aliphatic rings. The Balaban J connectivity index is 0.00000253. The number of aromatic nitrogens is 2. The zero-order chi connectivity index (χ0) is 23.2. The first-order valence-corrected chi connectivity index (χ1v) is 12.2. The van der Waals surface area contributed by atoms with Crippen LogP contribution in [0.3, 0.4) is 0 Å². The first kappa shape index (κ1) is 20.9. The molecule has 2 aliphatic heterocycles. The third kappa shape index (κ3) is 3.54. The average Bonchev–Trinajstić information content (AvgIpc) is 2.88. The van der Waals surface area contributed by atoms with Crippen LogP contribution in [0.2, 0.25) is 0 Å². The first-order chi connectivity index (χ1) is 16.6. The second kappa shape index (κ2) is 8.28. The van der Waals surface area contributed by atoms with Crippen LogP contribution in [0.4, 0.5) is 17.5 Å². The SMILES string of the molecule is Cc1ccc(-c2ccc3c(c2)C2CC(C2C)N3c2ccnc(N[C@@H](C)c3ccccc3)n2)cc1.[HH]. The van der Waals surface area contributed by atoms with Crippen molar-refractivity contribution in [2.45, 2.75) is 45.2 Å². The van der Waals surface area contributed by atoms with Crippen LogP contribution in [-0.4, -0.2) is 16.0 Å².